The van der Waals surface area contributed by atoms with Gasteiger partial charge in [0.25, 0.3) is 0 Å². The molecule has 2 aliphatic rings. The largest absolute Gasteiger partial charge is 0.299 e. The summed E-state index contributed by atoms with van der Waals surface area (Å²) in [4.78, 5) is 12.1. The van der Waals surface area contributed by atoms with Crippen molar-refractivity contribution in [2.24, 2.45) is 23.2 Å². The smallest absolute Gasteiger partial charge is 0.143 e. The molecule has 2 fully saturated rings. The highest BCUT2D eigenvalue weighted by atomic mass is 79.9. The lowest BCUT2D eigenvalue weighted by Gasteiger charge is -2.24. The van der Waals surface area contributed by atoms with E-state index in [4.69, 9.17) is 0 Å². The van der Waals surface area contributed by atoms with E-state index >= 15 is 0 Å². The van der Waals surface area contributed by atoms with Crippen LogP contribution in [0.2, 0.25) is 0 Å². The molecule has 0 aliphatic heterocycles. The summed E-state index contributed by atoms with van der Waals surface area (Å²) in [5, 5.41) is 0. The van der Waals surface area contributed by atoms with Crippen molar-refractivity contribution in [2.45, 2.75) is 25.6 Å². The van der Waals surface area contributed by atoms with Crippen molar-refractivity contribution in [1.29, 1.82) is 0 Å². The van der Waals surface area contributed by atoms with Gasteiger partial charge in [0.1, 0.15) is 5.78 Å². The van der Waals surface area contributed by atoms with Gasteiger partial charge in [-0.15, -0.1) is 0 Å². The van der Waals surface area contributed by atoms with Crippen LogP contribution >= 0.6 is 15.9 Å². The highest BCUT2D eigenvalue weighted by Crippen LogP contribution is 2.63. The lowest BCUT2D eigenvalue weighted by molar-refractivity contribution is -0.126. The van der Waals surface area contributed by atoms with E-state index in [0.29, 0.717) is 28.4 Å². The van der Waals surface area contributed by atoms with E-state index in [1.165, 1.54) is 0 Å². The van der Waals surface area contributed by atoms with Gasteiger partial charge >= 0.3 is 0 Å². The second kappa shape index (κ2) is 1.90. The molecule has 2 saturated carbocycles. The monoisotopic (exact) mass is 216 g/mol. The van der Waals surface area contributed by atoms with Crippen molar-refractivity contribution in [3.8, 4) is 0 Å². The molecule has 2 aliphatic carbocycles. The van der Waals surface area contributed by atoms with Crippen LogP contribution in [0.1, 0.15) is 20.8 Å². The molecule has 0 radical (unpaired) electrons. The molecule has 0 aromatic heterocycles. The average Bonchev–Trinajstić information content (AvgIpc) is 2.52. The highest BCUT2D eigenvalue weighted by molar-refractivity contribution is 9.09. The van der Waals surface area contributed by atoms with Crippen LogP contribution in [-0.4, -0.2) is 10.6 Å². The fourth-order valence-corrected chi connectivity index (χ4v) is 3.44. The Morgan fingerprint density at radius 2 is 2.00 bits per heavy atom. The maximum Gasteiger partial charge on any atom is 0.143 e. The van der Waals surface area contributed by atoms with Gasteiger partial charge in [-0.25, -0.2) is 0 Å². The number of fused-ring (bicyclic) bond motifs is 1. The first kappa shape index (κ1) is 7.78. The minimum Gasteiger partial charge on any atom is -0.299 e. The fourth-order valence-electron chi connectivity index (χ4n) is 2.40. The molecular weight excluding hydrogens is 204 g/mol. The standard InChI is InChI=1S/C9H13BrO/c1-4-5-6(4)8(11)9(2,3)7(5)10/h4-7H,1-3H3. The van der Waals surface area contributed by atoms with E-state index in [1.807, 2.05) is 13.8 Å². The van der Waals surface area contributed by atoms with Gasteiger partial charge in [0.15, 0.2) is 0 Å². The lowest BCUT2D eigenvalue weighted by Crippen LogP contribution is -2.30. The van der Waals surface area contributed by atoms with E-state index in [0.717, 1.165) is 0 Å². The number of alkyl halides is 1. The highest BCUT2D eigenvalue weighted by Gasteiger charge is 2.67. The van der Waals surface area contributed by atoms with Gasteiger partial charge in [0, 0.05) is 16.2 Å². The Labute approximate surface area is 75.7 Å². The predicted molar refractivity (Wildman–Crippen MR) is 47.6 cm³/mol. The average molecular weight is 217 g/mol. The summed E-state index contributed by atoms with van der Waals surface area (Å²) in [6.45, 7) is 6.28. The zero-order chi connectivity index (χ0) is 8.39. The quantitative estimate of drug-likeness (QED) is 0.568. The zero-order valence-corrected chi connectivity index (χ0v) is 8.68. The molecule has 0 heterocycles. The molecule has 0 N–H and O–H groups in total. The Bertz CT molecular complexity index is 222. The molecule has 0 spiro atoms. The number of carbonyl (C=O) groups excluding carboxylic acids is 1. The molecular formula is C9H13BrO. The van der Waals surface area contributed by atoms with Crippen LogP contribution in [0.3, 0.4) is 0 Å². The SMILES string of the molecule is CC1C2C(=O)C(C)(C)C(Br)C12. The minimum atomic E-state index is -0.109. The van der Waals surface area contributed by atoms with Crippen molar-refractivity contribution in [2.75, 3.05) is 0 Å². The lowest BCUT2D eigenvalue weighted by atomic mass is 9.85. The van der Waals surface area contributed by atoms with Crippen molar-refractivity contribution in [1.82, 2.24) is 0 Å². The second-order valence-corrected chi connectivity index (χ2v) is 5.44. The Kier molecular flexibility index (Phi) is 1.34. The zero-order valence-electron chi connectivity index (χ0n) is 7.10. The van der Waals surface area contributed by atoms with Crippen LogP contribution in [0.25, 0.3) is 0 Å². The van der Waals surface area contributed by atoms with Gasteiger partial charge in [-0.2, -0.15) is 0 Å². The number of hydrogen-bond donors (Lipinski definition) is 0. The molecule has 0 aromatic rings. The van der Waals surface area contributed by atoms with E-state index in [-0.39, 0.29) is 5.41 Å². The number of ketones is 1. The molecule has 4 atom stereocenters. The molecule has 0 bridgehead atoms. The predicted octanol–water partition coefficient (Wildman–Crippen LogP) is 2.24. The number of hydrogen-bond acceptors (Lipinski definition) is 1. The third kappa shape index (κ3) is 0.742. The van der Waals surface area contributed by atoms with Crippen molar-refractivity contribution in [3.05, 3.63) is 0 Å². The van der Waals surface area contributed by atoms with Gasteiger partial charge in [-0.3, -0.25) is 4.79 Å². The summed E-state index contributed by atoms with van der Waals surface area (Å²) in [6.07, 6.45) is 0. The first-order valence-corrected chi connectivity index (χ1v) is 5.08. The number of halogens is 1. The third-order valence-electron chi connectivity index (χ3n) is 3.41. The molecule has 0 amide bonds. The van der Waals surface area contributed by atoms with Crippen LogP contribution in [0.4, 0.5) is 0 Å². The number of rotatable bonds is 0. The molecule has 0 aromatic carbocycles. The Hall–Kier alpha value is 0.150. The summed E-state index contributed by atoms with van der Waals surface area (Å²) in [6, 6.07) is 0. The molecule has 2 rings (SSSR count). The summed E-state index contributed by atoms with van der Waals surface area (Å²) >= 11 is 3.63. The van der Waals surface area contributed by atoms with Gasteiger partial charge in [0.2, 0.25) is 0 Å². The van der Waals surface area contributed by atoms with Crippen LogP contribution in [0.5, 0.6) is 0 Å². The van der Waals surface area contributed by atoms with E-state index in [9.17, 15) is 4.79 Å². The Balaban J connectivity index is 2.30. The van der Waals surface area contributed by atoms with E-state index in [2.05, 4.69) is 22.9 Å². The molecule has 0 saturated heterocycles. The molecule has 1 nitrogen and oxygen atoms in total. The Morgan fingerprint density at radius 1 is 1.45 bits per heavy atom. The van der Waals surface area contributed by atoms with E-state index in [1.54, 1.807) is 0 Å². The topological polar surface area (TPSA) is 17.1 Å². The first-order chi connectivity index (χ1) is 4.98. The minimum absolute atomic E-state index is 0.109. The Morgan fingerprint density at radius 3 is 2.27 bits per heavy atom. The molecule has 62 valence electrons. The van der Waals surface area contributed by atoms with Crippen molar-refractivity contribution < 1.29 is 4.79 Å². The summed E-state index contributed by atoms with van der Waals surface area (Å²) < 4.78 is 0. The van der Waals surface area contributed by atoms with Gasteiger partial charge in [-0.1, -0.05) is 36.7 Å². The van der Waals surface area contributed by atoms with Crippen LogP contribution < -0.4 is 0 Å². The number of Topliss-reactive ketones (excluding diaryl/α,β-unsaturated/α-hetero) is 1. The van der Waals surface area contributed by atoms with Crippen LogP contribution in [-0.2, 0) is 4.79 Å². The fraction of sp³-hybridized carbons (Fsp3) is 0.889. The van der Waals surface area contributed by atoms with Gasteiger partial charge in [-0.05, 0) is 11.8 Å². The molecule has 2 heteroatoms. The first-order valence-electron chi connectivity index (χ1n) is 4.16. The second-order valence-electron chi connectivity index (χ2n) is 4.45. The number of carbonyl (C=O) groups is 1. The maximum absolute atomic E-state index is 11.7. The normalized spacial score (nSPS) is 52.5. The molecule has 11 heavy (non-hydrogen) atoms. The van der Waals surface area contributed by atoms with Crippen molar-refractivity contribution in [3.63, 3.8) is 0 Å². The maximum atomic E-state index is 11.7. The van der Waals surface area contributed by atoms with E-state index < -0.39 is 0 Å². The van der Waals surface area contributed by atoms with Gasteiger partial charge in [0.05, 0.1) is 0 Å². The van der Waals surface area contributed by atoms with Crippen LogP contribution in [0, 0.1) is 23.2 Å². The summed E-state index contributed by atoms with van der Waals surface area (Å²) in [5.41, 5.74) is -0.109. The van der Waals surface area contributed by atoms with Crippen molar-refractivity contribution >= 4 is 21.7 Å². The van der Waals surface area contributed by atoms with Crippen LogP contribution in [0.15, 0.2) is 0 Å². The molecule has 4 unspecified atom stereocenters. The summed E-state index contributed by atoms with van der Waals surface area (Å²) in [7, 11) is 0. The summed E-state index contributed by atoms with van der Waals surface area (Å²) in [5.74, 6) is 2.13. The van der Waals surface area contributed by atoms with Gasteiger partial charge < -0.3 is 0 Å². The third-order valence-corrected chi connectivity index (χ3v) is 5.17.